The summed E-state index contributed by atoms with van der Waals surface area (Å²) in [6, 6.07) is 0. The first-order valence-corrected chi connectivity index (χ1v) is 5.88. The Balaban J connectivity index is 2.33. The maximum Gasteiger partial charge on any atom is 0.264 e. The molecule has 0 saturated carbocycles. The predicted octanol–water partition coefficient (Wildman–Crippen LogP) is 0.668. The van der Waals surface area contributed by atoms with E-state index in [9.17, 15) is 0 Å². The third-order valence-electron chi connectivity index (χ3n) is 2.34. The van der Waals surface area contributed by atoms with Crippen LogP contribution in [0.4, 0.5) is 0 Å². The van der Waals surface area contributed by atoms with Crippen LogP contribution in [0.5, 0.6) is 11.8 Å². The van der Waals surface area contributed by atoms with Crippen LogP contribution in [-0.4, -0.2) is 44.4 Å². The van der Waals surface area contributed by atoms with Gasteiger partial charge >= 0.3 is 0 Å². The van der Waals surface area contributed by atoms with Crippen LogP contribution in [-0.2, 0) is 6.42 Å². The second kappa shape index (κ2) is 5.59. The highest BCUT2D eigenvalue weighted by Crippen LogP contribution is 2.19. The lowest BCUT2D eigenvalue weighted by molar-refractivity contribution is 0.357. The van der Waals surface area contributed by atoms with Crippen molar-refractivity contribution in [3.63, 3.8) is 0 Å². The van der Waals surface area contributed by atoms with Crippen LogP contribution >= 0.6 is 0 Å². The summed E-state index contributed by atoms with van der Waals surface area (Å²) in [6.45, 7) is 4.18. The highest BCUT2D eigenvalue weighted by atomic mass is 16.5. The van der Waals surface area contributed by atoms with Crippen molar-refractivity contribution in [1.82, 2.24) is 30.2 Å². The molecule has 2 aromatic rings. The van der Waals surface area contributed by atoms with Gasteiger partial charge in [-0.2, -0.15) is 4.98 Å². The first kappa shape index (κ1) is 13.2. The van der Waals surface area contributed by atoms with Crippen molar-refractivity contribution in [2.75, 3.05) is 14.2 Å². The molecule has 2 aromatic heterocycles. The fourth-order valence-corrected chi connectivity index (χ4v) is 1.50. The van der Waals surface area contributed by atoms with Crippen molar-refractivity contribution >= 4 is 0 Å². The highest BCUT2D eigenvalue weighted by molar-refractivity contribution is 5.33. The summed E-state index contributed by atoms with van der Waals surface area (Å²) in [7, 11) is 3.01. The average Bonchev–Trinajstić information content (AvgIpc) is 2.85. The maximum absolute atomic E-state index is 5.15. The Morgan fingerprint density at radius 1 is 1.26 bits per heavy atom. The van der Waals surface area contributed by atoms with E-state index in [1.807, 2.05) is 0 Å². The van der Waals surface area contributed by atoms with Gasteiger partial charge in [0.15, 0.2) is 5.82 Å². The monoisotopic (exact) mass is 264 g/mol. The van der Waals surface area contributed by atoms with Crippen LogP contribution in [0.15, 0.2) is 6.20 Å². The van der Waals surface area contributed by atoms with Gasteiger partial charge in [-0.05, 0) is 11.1 Å². The highest BCUT2D eigenvalue weighted by Gasteiger charge is 2.14. The lowest BCUT2D eigenvalue weighted by atomic mass is 10.1. The first-order valence-electron chi connectivity index (χ1n) is 5.88. The first-order chi connectivity index (χ1) is 9.13. The number of tetrazole rings is 1. The van der Waals surface area contributed by atoms with Crippen molar-refractivity contribution < 1.29 is 9.47 Å². The van der Waals surface area contributed by atoms with Gasteiger partial charge in [0, 0.05) is 6.42 Å². The number of hydrogen-bond acceptors (Lipinski definition) is 7. The summed E-state index contributed by atoms with van der Waals surface area (Å²) in [5, 5.41) is 12.2. The van der Waals surface area contributed by atoms with E-state index in [4.69, 9.17) is 9.47 Å². The van der Waals surface area contributed by atoms with E-state index < -0.39 is 0 Å². The van der Waals surface area contributed by atoms with Gasteiger partial charge in [0.05, 0.1) is 20.4 Å². The lowest BCUT2D eigenvalue weighted by Crippen LogP contribution is -2.07. The van der Waals surface area contributed by atoms with E-state index >= 15 is 0 Å². The van der Waals surface area contributed by atoms with Crippen LogP contribution in [0, 0.1) is 5.92 Å². The molecule has 8 nitrogen and oxygen atoms in total. The largest absolute Gasteiger partial charge is 0.480 e. The third-order valence-corrected chi connectivity index (χ3v) is 2.34. The molecule has 0 bridgehead atoms. The Hall–Kier alpha value is -2.25. The number of nitrogens with zero attached hydrogens (tertiary/aromatic N) is 6. The fourth-order valence-electron chi connectivity index (χ4n) is 1.50. The minimum Gasteiger partial charge on any atom is -0.480 e. The quantitative estimate of drug-likeness (QED) is 0.784. The fraction of sp³-hybridized carbons (Fsp3) is 0.545. The Morgan fingerprint density at radius 2 is 2.05 bits per heavy atom. The minimum absolute atomic E-state index is 0.285. The summed E-state index contributed by atoms with van der Waals surface area (Å²) < 4.78 is 10.1. The molecule has 0 aliphatic rings. The topological polar surface area (TPSA) is 87.8 Å². The summed E-state index contributed by atoms with van der Waals surface area (Å²) in [6.07, 6.45) is 2.23. The normalized spacial score (nSPS) is 10.8. The van der Waals surface area contributed by atoms with E-state index in [0.717, 1.165) is 6.42 Å². The molecule has 0 radical (unpaired) electrons. The smallest absolute Gasteiger partial charge is 0.264 e. The molecular weight excluding hydrogens is 248 g/mol. The van der Waals surface area contributed by atoms with E-state index in [1.165, 1.54) is 25.2 Å². The van der Waals surface area contributed by atoms with Gasteiger partial charge in [-0.1, -0.05) is 13.8 Å². The van der Waals surface area contributed by atoms with Crippen molar-refractivity contribution in [2.45, 2.75) is 20.3 Å². The van der Waals surface area contributed by atoms with Gasteiger partial charge in [0.1, 0.15) is 0 Å². The molecule has 8 heteroatoms. The SMILES string of the molecule is COc1cnc(-n2nnc(CC(C)C)n2)c(OC)n1. The maximum atomic E-state index is 5.15. The Kier molecular flexibility index (Phi) is 3.88. The van der Waals surface area contributed by atoms with Crippen molar-refractivity contribution in [3.05, 3.63) is 12.0 Å². The zero-order valence-corrected chi connectivity index (χ0v) is 11.4. The Morgan fingerprint density at radius 3 is 2.68 bits per heavy atom. The Bertz CT molecular complexity index is 554. The van der Waals surface area contributed by atoms with Gasteiger partial charge in [-0.15, -0.1) is 15.0 Å². The lowest BCUT2D eigenvalue weighted by Gasteiger charge is -2.05. The molecule has 0 aliphatic carbocycles. The van der Waals surface area contributed by atoms with E-state index in [2.05, 4.69) is 39.2 Å². The van der Waals surface area contributed by atoms with Crippen LogP contribution in [0.3, 0.4) is 0 Å². The molecule has 102 valence electrons. The second-order valence-electron chi connectivity index (χ2n) is 4.34. The minimum atomic E-state index is 0.285. The van der Waals surface area contributed by atoms with Gasteiger partial charge < -0.3 is 9.47 Å². The van der Waals surface area contributed by atoms with Gasteiger partial charge in [0.25, 0.3) is 5.88 Å². The van der Waals surface area contributed by atoms with Crippen LogP contribution < -0.4 is 9.47 Å². The predicted molar refractivity (Wildman–Crippen MR) is 66.4 cm³/mol. The van der Waals surface area contributed by atoms with E-state index in [-0.39, 0.29) is 5.88 Å². The molecule has 2 heterocycles. The van der Waals surface area contributed by atoms with Gasteiger partial charge in [-0.25, -0.2) is 4.98 Å². The van der Waals surface area contributed by atoms with Gasteiger partial charge in [-0.3, -0.25) is 0 Å². The molecule has 19 heavy (non-hydrogen) atoms. The summed E-state index contributed by atoms with van der Waals surface area (Å²) >= 11 is 0. The number of hydrogen-bond donors (Lipinski definition) is 0. The number of methoxy groups -OCH3 is 2. The zero-order valence-electron chi connectivity index (χ0n) is 11.4. The summed E-state index contributed by atoms with van der Waals surface area (Å²) in [5.74, 6) is 2.15. The van der Waals surface area contributed by atoms with E-state index in [0.29, 0.717) is 23.4 Å². The molecule has 0 spiro atoms. The molecular formula is C11H16N6O2. The van der Waals surface area contributed by atoms with Crippen LogP contribution in [0.2, 0.25) is 0 Å². The molecule has 0 saturated heterocycles. The number of aromatic nitrogens is 6. The molecule has 0 atom stereocenters. The molecule has 0 aromatic carbocycles. The van der Waals surface area contributed by atoms with Crippen molar-refractivity contribution in [2.24, 2.45) is 5.92 Å². The van der Waals surface area contributed by atoms with Gasteiger partial charge in [0.2, 0.25) is 11.7 Å². The van der Waals surface area contributed by atoms with Crippen molar-refractivity contribution in [1.29, 1.82) is 0 Å². The number of ether oxygens (including phenoxy) is 2. The van der Waals surface area contributed by atoms with Crippen LogP contribution in [0.25, 0.3) is 5.82 Å². The van der Waals surface area contributed by atoms with E-state index in [1.54, 1.807) is 0 Å². The van der Waals surface area contributed by atoms with Crippen LogP contribution in [0.1, 0.15) is 19.7 Å². The summed E-state index contributed by atoms with van der Waals surface area (Å²) in [4.78, 5) is 9.60. The molecule has 0 amide bonds. The Labute approximate surface area is 110 Å². The zero-order chi connectivity index (χ0) is 13.8. The molecule has 0 unspecified atom stereocenters. The third kappa shape index (κ3) is 2.95. The molecule has 2 rings (SSSR count). The number of rotatable bonds is 5. The average molecular weight is 264 g/mol. The second-order valence-corrected chi connectivity index (χ2v) is 4.34. The van der Waals surface area contributed by atoms with Crippen molar-refractivity contribution in [3.8, 4) is 17.6 Å². The molecule has 0 fully saturated rings. The molecule has 0 aliphatic heterocycles. The molecule has 0 N–H and O–H groups in total. The summed E-state index contributed by atoms with van der Waals surface area (Å²) in [5.41, 5.74) is 0. The standard InChI is InChI=1S/C11H16N6O2/c1-7(2)5-8-14-16-17(15-8)10-11(19-4)13-9(18-3)6-12-10/h6-7H,5H2,1-4H3.